The number of piperidine rings is 1. The van der Waals surface area contributed by atoms with Crippen LogP contribution >= 0.6 is 0 Å². The van der Waals surface area contributed by atoms with E-state index in [4.69, 9.17) is 0 Å². The summed E-state index contributed by atoms with van der Waals surface area (Å²) in [5.41, 5.74) is 3.53. The summed E-state index contributed by atoms with van der Waals surface area (Å²) in [5, 5.41) is 3.97. The molecule has 7 heteroatoms. The minimum absolute atomic E-state index is 0.0393. The van der Waals surface area contributed by atoms with Gasteiger partial charge in [0, 0.05) is 38.7 Å². The van der Waals surface area contributed by atoms with Crippen LogP contribution in [0.3, 0.4) is 0 Å². The third kappa shape index (κ3) is 3.66. The second-order valence-corrected chi connectivity index (χ2v) is 8.97. The molecule has 0 radical (unpaired) electrons. The molecule has 2 bridgehead atoms. The van der Waals surface area contributed by atoms with E-state index in [1.54, 1.807) is 6.21 Å². The third-order valence-corrected chi connectivity index (χ3v) is 6.88. The van der Waals surface area contributed by atoms with Gasteiger partial charge in [0.2, 0.25) is 17.7 Å². The number of benzene rings is 1. The van der Waals surface area contributed by atoms with Gasteiger partial charge in [0.05, 0.1) is 11.6 Å². The van der Waals surface area contributed by atoms with Gasteiger partial charge in [-0.25, -0.2) is 5.43 Å². The van der Waals surface area contributed by atoms with Gasteiger partial charge in [-0.3, -0.25) is 19.3 Å². The van der Waals surface area contributed by atoms with Gasteiger partial charge in [0.15, 0.2) is 0 Å². The summed E-state index contributed by atoms with van der Waals surface area (Å²) >= 11 is 0. The van der Waals surface area contributed by atoms with Gasteiger partial charge in [0.1, 0.15) is 0 Å². The average molecular weight is 399 g/mol. The molecule has 2 fully saturated rings. The lowest BCUT2D eigenvalue weighted by Gasteiger charge is -2.47. The highest BCUT2D eigenvalue weighted by Crippen LogP contribution is 2.59. The fraction of sp³-hybridized carbons (Fsp3) is 0.545. The van der Waals surface area contributed by atoms with Crippen LogP contribution in [0.15, 0.2) is 29.4 Å². The van der Waals surface area contributed by atoms with E-state index in [1.165, 1.54) is 4.90 Å². The van der Waals surface area contributed by atoms with Gasteiger partial charge in [0.25, 0.3) is 0 Å². The van der Waals surface area contributed by atoms with Gasteiger partial charge in [-0.2, -0.15) is 5.10 Å². The maximum absolute atomic E-state index is 13.0. The molecule has 1 aliphatic heterocycles. The highest BCUT2D eigenvalue weighted by Gasteiger charge is 2.64. The molecule has 156 valence electrons. The molecule has 2 aliphatic rings. The van der Waals surface area contributed by atoms with Crippen LogP contribution in [-0.2, 0) is 14.4 Å². The molecule has 1 saturated carbocycles. The van der Waals surface area contributed by atoms with Crippen molar-refractivity contribution in [2.24, 2.45) is 21.8 Å². The number of nitrogens with zero attached hydrogens (tertiary/aromatic N) is 3. The smallest absolute Gasteiger partial charge is 0.241 e. The van der Waals surface area contributed by atoms with Crippen LogP contribution < -0.4 is 10.3 Å². The number of amides is 3. The summed E-state index contributed by atoms with van der Waals surface area (Å²) in [6.07, 6.45) is 3.05. The van der Waals surface area contributed by atoms with Crippen LogP contribution in [0.5, 0.6) is 0 Å². The second kappa shape index (κ2) is 7.61. The van der Waals surface area contributed by atoms with E-state index in [0.717, 1.165) is 24.1 Å². The van der Waals surface area contributed by atoms with E-state index in [1.807, 2.05) is 64.0 Å². The number of hydrazone groups is 1. The first-order valence-corrected chi connectivity index (χ1v) is 10.0. The number of carbonyl (C=O) groups is 3. The summed E-state index contributed by atoms with van der Waals surface area (Å²) in [6.45, 7) is 6.05. The Labute approximate surface area is 172 Å². The number of rotatable bonds is 6. The number of likely N-dealkylation sites (tertiary alicyclic amines) is 1. The quantitative estimate of drug-likeness (QED) is 0.453. The first-order chi connectivity index (χ1) is 13.6. The standard InChI is InChI=1S/C22H30N4O3/c1-21(2)17-10-12-22(21,3)20(29)26(19(17)28)13-11-18(27)24-23-14-15-6-8-16(9-7-15)25(4)5/h6-9,14,17H,10-13H2,1-5H3,(H,24,27)/b23-14-. The number of hydrogen-bond acceptors (Lipinski definition) is 5. The molecule has 2 atom stereocenters. The van der Waals surface area contributed by atoms with Crippen molar-refractivity contribution >= 4 is 29.6 Å². The molecular formula is C22H30N4O3. The molecule has 2 unspecified atom stereocenters. The molecular weight excluding hydrogens is 368 g/mol. The van der Waals surface area contributed by atoms with E-state index in [2.05, 4.69) is 10.5 Å². The van der Waals surface area contributed by atoms with Crippen molar-refractivity contribution in [2.75, 3.05) is 25.5 Å². The van der Waals surface area contributed by atoms with Gasteiger partial charge in [-0.1, -0.05) is 32.9 Å². The third-order valence-electron chi connectivity index (χ3n) is 6.88. The minimum atomic E-state index is -0.543. The van der Waals surface area contributed by atoms with Gasteiger partial charge >= 0.3 is 0 Å². The van der Waals surface area contributed by atoms with E-state index in [9.17, 15) is 14.4 Å². The summed E-state index contributed by atoms with van der Waals surface area (Å²) in [6, 6.07) is 7.75. The monoisotopic (exact) mass is 398 g/mol. The van der Waals surface area contributed by atoms with Crippen molar-refractivity contribution in [1.29, 1.82) is 0 Å². The van der Waals surface area contributed by atoms with Crippen LogP contribution in [0.25, 0.3) is 0 Å². The van der Waals surface area contributed by atoms with Crippen LogP contribution in [0.4, 0.5) is 5.69 Å². The predicted molar refractivity (Wildman–Crippen MR) is 112 cm³/mol. The van der Waals surface area contributed by atoms with Crippen LogP contribution in [0.1, 0.15) is 45.6 Å². The summed E-state index contributed by atoms with van der Waals surface area (Å²) < 4.78 is 0. The van der Waals surface area contributed by atoms with Crippen molar-refractivity contribution in [3.8, 4) is 0 Å². The van der Waals surface area contributed by atoms with Crippen molar-refractivity contribution < 1.29 is 14.4 Å². The zero-order valence-corrected chi connectivity index (χ0v) is 17.9. The molecule has 29 heavy (non-hydrogen) atoms. The molecule has 1 aromatic rings. The average Bonchev–Trinajstić information content (AvgIpc) is 2.85. The van der Waals surface area contributed by atoms with Gasteiger partial charge in [-0.15, -0.1) is 0 Å². The molecule has 3 amide bonds. The van der Waals surface area contributed by atoms with Crippen molar-refractivity contribution in [3.05, 3.63) is 29.8 Å². The zero-order chi connectivity index (χ0) is 21.4. The molecule has 0 aromatic heterocycles. The van der Waals surface area contributed by atoms with Crippen molar-refractivity contribution in [2.45, 2.75) is 40.0 Å². The molecule has 3 rings (SSSR count). The van der Waals surface area contributed by atoms with Crippen LogP contribution in [0.2, 0.25) is 0 Å². The molecule has 1 heterocycles. The van der Waals surface area contributed by atoms with Gasteiger partial charge in [-0.05, 0) is 36.0 Å². The first kappa shape index (κ1) is 21.0. The molecule has 7 nitrogen and oxygen atoms in total. The van der Waals surface area contributed by atoms with E-state index in [0.29, 0.717) is 0 Å². The Kier molecular flexibility index (Phi) is 5.52. The van der Waals surface area contributed by atoms with Gasteiger partial charge < -0.3 is 4.90 Å². The summed E-state index contributed by atoms with van der Waals surface area (Å²) in [7, 11) is 3.93. The minimum Gasteiger partial charge on any atom is -0.378 e. The topological polar surface area (TPSA) is 82.1 Å². The highest BCUT2D eigenvalue weighted by molar-refractivity contribution is 6.04. The normalized spacial score (nSPS) is 25.6. The van der Waals surface area contributed by atoms with E-state index >= 15 is 0 Å². The Morgan fingerprint density at radius 3 is 2.52 bits per heavy atom. The number of imide groups is 1. The van der Waals surface area contributed by atoms with E-state index in [-0.39, 0.29) is 42.0 Å². The number of carbonyl (C=O) groups excluding carboxylic acids is 3. The summed E-state index contributed by atoms with van der Waals surface area (Å²) in [5.74, 6) is -0.781. The maximum atomic E-state index is 13.0. The molecule has 1 N–H and O–H groups in total. The Bertz CT molecular complexity index is 844. The Morgan fingerprint density at radius 2 is 1.90 bits per heavy atom. The Balaban J connectivity index is 1.54. The Hall–Kier alpha value is -2.70. The zero-order valence-electron chi connectivity index (χ0n) is 17.9. The molecule has 1 aromatic carbocycles. The fourth-order valence-corrected chi connectivity index (χ4v) is 4.42. The highest BCUT2D eigenvalue weighted by atomic mass is 16.2. The number of fused-ring (bicyclic) bond motifs is 2. The van der Waals surface area contributed by atoms with Crippen LogP contribution in [-0.4, -0.2) is 49.5 Å². The van der Waals surface area contributed by atoms with E-state index < -0.39 is 5.41 Å². The van der Waals surface area contributed by atoms with Crippen molar-refractivity contribution in [1.82, 2.24) is 10.3 Å². The summed E-state index contributed by atoms with van der Waals surface area (Å²) in [4.78, 5) is 41.2. The molecule has 1 saturated heterocycles. The van der Waals surface area contributed by atoms with Crippen molar-refractivity contribution in [3.63, 3.8) is 0 Å². The largest absolute Gasteiger partial charge is 0.378 e. The lowest BCUT2D eigenvalue weighted by atomic mass is 9.62. The molecule has 0 spiro atoms. The number of anilines is 1. The second-order valence-electron chi connectivity index (χ2n) is 8.97. The Morgan fingerprint density at radius 1 is 1.24 bits per heavy atom. The lowest BCUT2D eigenvalue weighted by Crippen LogP contribution is -2.59. The van der Waals surface area contributed by atoms with Crippen LogP contribution in [0, 0.1) is 16.7 Å². The SMILES string of the molecule is CN(C)c1ccc(/C=N\NC(=O)CCN2C(=O)C3CCC(C)(C2=O)C3(C)C)cc1. The number of hydrogen-bond donors (Lipinski definition) is 1. The number of nitrogens with one attached hydrogen (secondary N) is 1. The maximum Gasteiger partial charge on any atom is 0.241 e. The lowest BCUT2D eigenvalue weighted by molar-refractivity contribution is -0.167. The first-order valence-electron chi connectivity index (χ1n) is 10.0. The predicted octanol–water partition coefficient (Wildman–Crippen LogP) is 2.40. The molecule has 1 aliphatic carbocycles. The fourth-order valence-electron chi connectivity index (χ4n) is 4.42.